The zero-order valence-corrected chi connectivity index (χ0v) is 13.1. The fraction of sp³-hybridized carbons (Fsp3) is 0.0556. The van der Waals surface area contributed by atoms with E-state index in [2.05, 4.69) is 21.9 Å². The number of benzene rings is 2. The number of amides is 1. The van der Waals surface area contributed by atoms with Gasteiger partial charge in [0.1, 0.15) is 5.75 Å². The van der Waals surface area contributed by atoms with E-state index in [0.717, 1.165) is 22.0 Å². The smallest absolute Gasteiger partial charge is 0.247 e. The van der Waals surface area contributed by atoms with Crippen LogP contribution in [-0.2, 0) is 4.79 Å². The van der Waals surface area contributed by atoms with Gasteiger partial charge in [-0.05, 0) is 35.4 Å². The second-order valence-electron chi connectivity index (χ2n) is 5.15. The van der Waals surface area contributed by atoms with Crippen LogP contribution in [-0.4, -0.2) is 23.0 Å². The molecule has 1 heterocycles. The number of aromatic nitrogens is 2. The van der Waals surface area contributed by atoms with Gasteiger partial charge in [0.05, 0.1) is 12.6 Å². The molecule has 3 rings (SSSR count). The van der Waals surface area contributed by atoms with Crippen molar-refractivity contribution in [2.24, 2.45) is 0 Å². The van der Waals surface area contributed by atoms with E-state index < -0.39 is 0 Å². The fourth-order valence-corrected chi connectivity index (χ4v) is 2.37. The summed E-state index contributed by atoms with van der Waals surface area (Å²) in [6.45, 7) is 3.45. The first-order valence-electron chi connectivity index (χ1n) is 7.24. The molecule has 3 N–H and O–H groups in total. The fourth-order valence-electron chi connectivity index (χ4n) is 2.37. The highest BCUT2D eigenvalue weighted by molar-refractivity contribution is 5.99. The van der Waals surface area contributed by atoms with Crippen LogP contribution in [0.25, 0.3) is 22.0 Å². The lowest BCUT2D eigenvalue weighted by molar-refractivity contribution is -0.111. The zero-order valence-electron chi connectivity index (χ0n) is 13.1. The normalized spacial score (nSPS) is 10.4. The summed E-state index contributed by atoms with van der Waals surface area (Å²) < 4.78 is 5.32. The number of hydrogen-bond donors (Lipinski definition) is 2. The number of fused-ring (bicyclic) bond motifs is 1. The molecular formula is C18H16N4O2. The van der Waals surface area contributed by atoms with E-state index in [1.165, 1.54) is 6.08 Å². The van der Waals surface area contributed by atoms with E-state index in [1.807, 2.05) is 30.3 Å². The minimum atomic E-state index is -0.284. The molecule has 0 fully saturated rings. The molecule has 2 aromatic carbocycles. The molecule has 0 bridgehead atoms. The van der Waals surface area contributed by atoms with Crippen molar-refractivity contribution in [2.45, 2.75) is 0 Å². The van der Waals surface area contributed by atoms with E-state index in [-0.39, 0.29) is 11.9 Å². The Balaban J connectivity index is 2.08. The molecule has 3 aromatic rings. The molecule has 0 aliphatic carbocycles. The van der Waals surface area contributed by atoms with Crippen molar-refractivity contribution in [3.05, 3.63) is 55.3 Å². The summed E-state index contributed by atoms with van der Waals surface area (Å²) in [6.07, 6.45) is 2.90. The molecule has 6 heteroatoms. The molecule has 0 aliphatic heterocycles. The summed E-state index contributed by atoms with van der Waals surface area (Å²) in [5.74, 6) is 0.576. The van der Waals surface area contributed by atoms with Crippen LogP contribution in [0.2, 0.25) is 0 Å². The number of methoxy groups -OCH3 is 1. The van der Waals surface area contributed by atoms with E-state index in [0.29, 0.717) is 11.4 Å². The predicted molar refractivity (Wildman–Crippen MR) is 94.8 cm³/mol. The molecule has 0 unspecified atom stereocenters. The van der Waals surface area contributed by atoms with E-state index >= 15 is 0 Å². The van der Waals surface area contributed by atoms with Gasteiger partial charge in [-0.3, -0.25) is 4.79 Å². The molecule has 1 amide bonds. The van der Waals surface area contributed by atoms with Gasteiger partial charge in [-0.1, -0.05) is 18.7 Å². The summed E-state index contributed by atoms with van der Waals surface area (Å²) in [7, 11) is 1.58. The topological polar surface area (TPSA) is 90.1 Å². The second kappa shape index (κ2) is 6.37. The summed E-state index contributed by atoms with van der Waals surface area (Å²) in [4.78, 5) is 19.8. The average molecular weight is 320 g/mol. The molecule has 0 saturated heterocycles. The number of nitrogens with two attached hydrogens (primary N) is 1. The molecule has 0 radical (unpaired) electrons. The number of nitrogen functional groups attached to an aromatic ring is 1. The third-order valence-electron chi connectivity index (χ3n) is 3.53. The molecule has 0 saturated carbocycles. The number of ether oxygens (including phenoxy) is 1. The maximum Gasteiger partial charge on any atom is 0.247 e. The third-order valence-corrected chi connectivity index (χ3v) is 3.53. The second-order valence-corrected chi connectivity index (χ2v) is 5.15. The number of rotatable bonds is 4. The number of carbonyl (C=O) groups is 1. The standard InChI is InChI=1S/C18H16N4O2/c1-3-17(23)21-14-6-13(7-15(9-14)24-2)11-4-5-12-10-20-18(19)22-16(12)8-11/h3-10H,1H2,2H3,(H,21,23)(H2,19,20,22). The Labute approximate surface area is 139 Å². The molecule has 0 aliphatic rings. The van der Waals surface area contributed by atoms with Crippen molar-refractivity contribution >= 4 is 28.4 Å². The zero-order chi connectivity index (χ0) is 17.1. The highest BCUT2D eigenvalue weighted by Crippen LogP contribution is 2.30. The van der Waals surface area contributed by atoms with Gasteiger partial charge in [-0.15, -0.1) is 0 Å². The minimum Gasteiger partial charge on any atom is -0.497 e. The molecular weight excluding hydrogens is 304 g/mol. The van der Waals surface area contributed by atoms with Crippen molar-refractivity contribution in [3.8, 4) is 16.9 Å². The Morgan fingerprint density at radius 2 is 2.08 bits per heavy atom. The Hall–Kier alpha value is -3.41. The van der Waals surface area contributed by atoms with Crippen LogP contribution in [0.1, 0.15) is 0 Å². The number of nitrogens with zero attached hydrogens (tertiary/aromatic N) is 2. The summed E-state index contributed by atoms with van der Waals surface area (Å²) >= 11 is 0. The molecule has 0 spiro atoms. The highest BCUT2D eigenvalue weighted by atomic mass is 16.5. The average Bonchev–Trinajstić information content (AvgIpc) is 2.60. The minimum absolute atomic E-state index is 0.226. The number of hydrogen-bond acceptors (Lipinski definition) is 5. The summed E-state index contributed by atoms with van der Waals surface area (Å²) in [6, 6.07) is 11.3. The van der Waals surface area contributed by atoms with Crippen LogP contribution in [0.5, 0.6) is 5.75 Å². The number of anilines is 2. The summed E-state index contributed by atoms with van der Waals surface area (Å²) in [5.41, 5.74) is 8.83. The SMILES string of the molecule is C=CC(=O)Nc1cc(OC)cc(-c2ccc3cnc(N)nc3c2)c1. The monoisotopic (exact) mass is 320 g/mol. The van der Waals surface area contributed by atoms with Gasteiger partial charge in [0, 0.05) is 23.3 Å². The van der Waals surface area contributed by atoms with Gasteiger partial charge >= 0.3 is 0 Å². The van der Waals surface area contributed by atoms with E-state index in [1.54, 1.807) is 19.4 Å². The molecule has 0 atom stereocenters. The van der Waals surface area contributed by atoms with E-state index in [9.17, 15) is 4.79 Å². The van der Waals surface area contributed by atoms with E-state index in [4.69, 9.17) is 10.5 Å². The number of carbonyl (C=O) groups excluding carboxylic acids is 1. The van der Waals surface area contributed by atoms with Gasteiger partial charge in [-0.2, -0.15) is 0 Å². The maximum absolute atomic E-state index is 11.5. The lowest BCUT2D eigenvalue weighted by atomic mass is 10.0. The van der Waals surface area contributed by atoms with Crippen LogP contribution in [0.15, 0.2) is 55.3 Å². The van der Waals surface area contributed by atoms with Crippen molar-refractivity contribution in [3.63, 3.8) is 0 Å². The largest absolute Gasteiger partial charge is 0.497 e. The summed E-state index contributed by atoms with van der Waals surface area (Å²) in [5, 5.41) is 3.64. The van der Waals surface area contributed by atoms with Crippen LogP contribution >= 0.6 is 0 Å². The van der Waals surface area contributed by atoms with Gasteiger partial charge < -0.3 is 15.8 Å². The lowest BCUT2D eigenvalue weighted by Gasteiger charge is -2.10. The Kier molecular flexibility index (Phi) is 4.11. The van der Waals surface area contributed by atoms with Gasteiger partial charge in [-0.25, -0.2) is 9.97 Å². The van der Waals surface area contributed by atoms with Crippen molar-refractivity contribution < 1.29 is 9.53 Å². The molecule has 24 heavy (non-hydrogen) atoms. The van der Waals surface area contributed by atoms with Crippen LogP contribution < -0.4 is 15.8 Å². The van der Waals surface area contributed by atoms with Crippen molar-refractivity contribution in [2.75, 3.05) is 18.2 Å². The van der Waals surface area contributed by atoms with Crippen molar-refractivity contribution in [1.82, 2.24) is 9.97 Å². The Morgan fingerprint density at radius 1 is 1.25 bits per heavy atom. The Bertz CT molecular complexity index is 937. The quantitative estimate of drug-likeness (QED) is 0.721. The Morgan fingerprint density at radius 3 is 2.83 bits per heavy atom. The molecule has 1 aromatic heterocycles. The third kappa shape index (κ3) is 3.17. The predicted octanol–water partition coefficient (Wildman–Crippen LogP) is 3.01. The van der Waals surface area contributed by atoms with Gasteiger partial charge in [0.2, 0.25) is 11.9 Å². The van der Waals surface area contributed by atoms with Crippen LogP contribution in [0.3, 0.4) is 0 Å². The van der Waals surface area contributed by atoms with Crippen molar-refractivity contribution in [1.29, 1.82) is 0 Å². The number of nitrogens with one attached hydrogen (secondary N) is 1. The van der Waals surface area contributed by atoms with Gasteiger partial charge in [0.15, 0.2) is 0 Å². The lowest BCUT2D eigenvalue weighted by Crippen LogP contribution is -2.07. The molecule has 6 nitrogen and oxygen atoms in total. The first-order chi connectivity index (χ1) is 11.6. The maximum atomic E-state index is 11.5. The first kappa shape index (κ1) is 15.5. The highest BCUT2D eigenvalue weighted by Gasteiger charge is 2.07. The first-order valence-corrected chi connectivity index (χ1v) is 7.24. The molecule has 120 valence electrons. The van der Waals surface area contributed by atoms with Gasteiger partial charge in [0.25, 0.3) is 0 Å². The van der Waals surface area contributed by atoms with Crippen LogP contribution in [0.4, 0.5) is 11.6 Å². The van der Waals surface area contributed by atoms with Crippen LogP contribution in [0, 0.1) is 0 Å².